The molecule has 0 saturated carbocycles. The fourth-order valence-electron chi connectivity index (χ4n) is 2.74. The first-order chi connectivity index (χ1) is 13.1. The number of hydrogen-bond acceptors (Lipinski definition) is 5. The Bertz CT molecular complexity index is 1200. The molecule has 0 bridgehead atoms. The number of anilines is 1. The Labute approximate surface area is 162 Å². The maximum atomic E-state index is 12.6. The summed E-state index contributed by atoms with van der Waals surface area (Å²) in [4.78, 5) is 29.7. The topological polar surface area (TPSA) is 87.7 Å². The molecule has 0 fully saturated rings. The largest absolute Gasteiger partial charge is 0.296 e. The van der Waals surface area contributed by atoms with E-state index in [-0.39, 0.29) is 11.3 Å². The molecule has 4 aromatic rings. The van der Waals surface area contributed by atoms with Crippen molar-refractivity contribution >= 4 is 44.7 Å². The van der Waals surface area contributed by atoms with Gasteiger partial charge in [0, 0.05) is 27.9 Å². The Morgan fingerprint density at radius 1 is 1.15 bits per heavy atom. The highest BCUT2D eigenvalue weighted by molar-refractivity contribution is 7.15. The molecule has 8 heteroatoms. The second-order valence-electron chi connectivity index (χ2n) is 5.84. The van der Waals surface area contributed by atoms with Gasteiger partial charge in [-0.05, 0) is 23.8 Å². The zero-order chi connectivity index (χ0) is 18.8. The van der Waals surface area contributed by atoms with Crippen LogP contribution in [0.1, 0.15) is 20.9 Å². The first-order valence-corrected chi connectivity index (χ1v) is 9.27. The number of rotatable bonds is 4. The molecule has 0 unspecified atom stereocenters. The Kier molecular flexibility index (Phi) is 4.70. The van der Waals surface area contributed by atoms with E-state index in [0.29, 0.717) is 27.3 Å². The predicted molar refractivity (Wildman–Crippen MR) is 107 cm³/mol. The number of nitrogens with zero attached hydrogens (tertiary/aromatic N) is 2. The van der Waals surface area contributed by atoms with Gasteiger partial charge in [0.1, 0.15) is 0 Å². The summed E-state index contributed by atoms with van der Waals surface area (Å²) in [6.45, 7) is 0. The summed E-state index contributed by atoms with van der Waals surface area (Å²) >= 11 is 7.39. The molecule has 0 saturated heterocycles. The van der Waals surface area contributed by atoms with Crippen molar-refractivity contribution < 1.29 is 4.79 Å². The zero-order valence-electron chi connectivity index (χ0n) is 13.9. The van der Waals surface area contributed by atoms with E-state index in [0.717, 1.165) is 10.4 Å². The number of H-pyrrole nitrogens is 1. The van der Waals surface area contributed by atoms with Crippen molar-refractivity contribution in [3.63, 3.8) is 0 Å². The molecule has 0 aliphatic rings. The van der Waals surface area contributed by atoms with E-state index in [4.69, 9.17) is 11.6 Å². The van der Waals surface area contributed by atoms with Crippen molar-refractivity contribution in [2.75, 3.05) is 5.32 Å². The number of fused-ring (bicyclic) bond motifs is 1. The van der Waals surface area contributed by atoms with E-state index < -0.39 is 5.91 Å². The van der Waals surface area contributed by atoms with Gasteiger partial charge in [-0.15, -0.1) is 11.3 Å². The normalized spacial score (nSPS) is 10.9. The van der Waals surface area contributed by atoms with Crippen molar-refractivity contribution in [2.24, 2.45) is 0 Å². The van der Waals surface area contributed by atoms with Gasteiger partial charge >= 0.3 is 0 Å². The number of halogens is 1. The summed E-state index contributed by atoms with van der Waals surface area (Å²) in [5.41, 5.74) is 0.884. The summed E-state index contributed by atoms with van der Waals surface area (Å²) in [6.07, 6.45) is 2.40. The third-order valence-electron chi connectivity index (χ3n) is 3.95. The minimum Gasteiger partial charge on any atom is -0.296 e. The van der Waals surface area contributed by atoms with Crippen LogP contribution in [0.2, 0.25) is 5.02 Å². The van der Waals surface area contributed by atoms with Crippen molar-refractivity contribution in [3.8, 4) is 0 Å². The molecule has 134 valence electrons. The lowest BCUT2D eigenvalue weighted by atomic mass is 10.1. The minimum absolute atomic E-state index is 0.150. The molecule has 2 aromatic carbocycles. The predicted octanol–water partition coefficient (Wildman–Crippen LogP) is 3.88. The van der Waals surface area contributed by atoms with E-state index in [1.807, 2.05) is 24.3 Å². The van der Waals surface area contributed by atoms with Crippen molar-refractivity contribution in [2.45, 2.75) is 6.42 Å². The highest BCUT2D eigenvalue weighted by atomic mass is 35.5. The number of aromatic amines is 1. The Balaban J connectivity index is 1.55. The first-order valence-electron chi connectivity index (χ1n) is 8.08. The third kappa shape index (κ3) is 3.74. The van der Waals surface area contributed by atoms with Crippen LogP contribution in [0.3, 0.4) is 0 Å². The summed E-state index contributed by atoms with van der Waals surface area (Å²) < 4.78 is 0. The molecule has 0 spiro atoms. The molecule has 6 nitrogen and oxygen atoms in total. The molecule has 2 heterocycles. The van der Waals surface area contributed by atoms with Crippen LogP contribution < -0.4 is 10.9 Å². The van der Waals surface area contributed by atoms with Crippen LogP contribution in [0.15, 0.2) is 59.5 Å². The Hall–Kier alpha value is -3.03. The van der Waals surface area contributed by atoms with Crippen molar-refractivity contribution in [1.29, 1.82) is 0 Å². The lowest BCUT2D eigenvalue weighted by Gasteiger charge is -2.04. The van der Waals surface area contributed by atoms with Gasteiger partial charge in [-0.25, -0.2) is 10.1 Å². The number of benzene rings is 2. The first kappa shape index (κ1) is 17.4. The van der Waals surface area contributed by atoms with Crippen LogP contribution in [0, 0.1) is 0 Å². The lowest BCUT2D eigenvalue weighted by molar-refractivity contribution is 0.102. The lowest BCUT2D eigenvalue weighted by Crippen LogP contribution is -2.19. The van der Waals surface area contributed by atoms with Gasteiger partial charge in [-0.1, -0.05) is 41.9 Å². The number of carbonyl (C=O) groups is 1. The molecule has 27 heavy (non-hydrogen) atoms. The summed E-state index contributed by atoms with van der Waals surface area (Å²) in [7, 11) is 0. The molecule has 2 N–H and O–H groups in total. The SMILES string of the molecule is O=C(Nc1ncc(Cc2cccc(Cl)c2)s1)c1n[nH]c(=O)c2ccccc12. The molecular weight excluding hydrogens is 384 g/mol. The summed E-state index contributed by atoms with van der Waals surface area (Å²) in [6, 6.07) is 14.4. The molecule has 0 aliphatic carbocycles. The van der Waals surface area contributed by atoms with Gasteiger partial charge in [0.2, 0.25) is 0 Å². The number of nitrogens with one attached hydrogen (secondary N) is 2. The van der Waals surface area contributed by atoms with Crippen LogP contribution in [0.4, 0.5) is 5.13 Å². The van der Waals surface area contributed by atoms with E-state index >= 15 is 0 Å². The molecule has 4 rings (SSSR count). The van der Waals surface area contributed by atoms with Gasteiger partial charge in [0.25, 0.3) is 11.5 Å². The maximum Gasteiger partial charge on any atom is 0.278 e. The highest BCUT2D eigenvalue weighted by Gasteiger charge is 2.15. The van der Waals surface area contributed by atoms with Gasteiger partial charge < -0.3 is 0 Å². The molecule has 0 aliphatic heterocycles. The number of carbonyl (C=O) groups excluding carboxylic acids is 1. The van der Waals surface area contributed by atoms with Gasteiger partial charge in [-0.3, -0.25) is 14.9 Å². The van der Waals surface area contributed by atoms with E-state index in [1.54, 1.807) is 30.5 Å². The average molecular weight is 397 g/mol. The van der Waals surface area contributed by atoms with E-state index in [9.17, 15) is 9.59 Å². The standard InChI is InChI=1S/C19H13ClN4O2S/c20-12-5-3-4-11(8-12)9-13-10-21-19(27-13)22-18(26)16-14-6-1-2-7-15(14)17(25)24-23-16/h1-8,10H,9H2,(H,24,25)(H,21,22,26). The molecule has 0 atom stereocenters. The number of amides is 1. The van der Waals surface area contributed by atoms with Gasteiger partial charge in [0.15, 0.2) is 10.8 Å². The van der Waals surface area contributed by atoms with Crippen molar-refractivity contribution in [3.05, 3.63) is 86.2 Å². The molecule has 2 aromatic heterocycles. The quantitative estimate of drug-likeness (QED) is 0.548. The number of aromatic nitrogens is 3. The highest BCUT2D eigenvalue weighted by Crippen LogP contribution is 2.23. The number of hydrogen-bond donors (Lipinski definition) is 2. The second kappa shape index (κ2) is 7.30. The molecule has 1 amide bonds. The smallest absolute Gasteiger partial charge is 0.278 e. The molecular formula is C19H13ClN4O2S. The van der Waals surface area contributed by atoms with E-state index in [2.05, 4.69) is 20.5 Å². The average Bonchev–Trinajstić information content (AvgIpc) is 3.09. The zero-order valence-corrected chi connectivity index (χ0v) is 15.5. The van der Waals surface area contributed by atoms with Crippen LogP contribution in [-0.4, -0.2) is 21.1 Å². The van der Waals surface area contributed by atoms with Crippen LogP contribution in [0.5, 0.6) is 0 Å². The Morgan fingerprint density at radius 2 is 1.96 bits per heavy atom. The van der Waals surface area contributed by atoms with Crippen molar-refractivity contribution in [1.82, 2.24) is 15.2 Å². The second-order valence-corrected chi connectivity index (χ2v) is 7.39. The maximum absolute atomic E-state index is 12.6. The fraction of sp³-hybridized carbons (Fsp3) is 0.0526. The van der Waals surface area contributed by atoms with Crippen LogP contribution in [0.25, 0.3) is 10.8 Å². The van der Waals surface area contributed by atoms with Crippen LogP contribution in [-0.2, 0) is 6.42 Å². The van der Waals surface area contributed by atoms with Crippen LogP contribution >= 0.6 is 22.9 Å². The monoisotopic (exact) mass is 396 g/mol. The third-order valence-corrected chi connectivity index (χ3v) is 5.10. The fourth-order valence-corrected chi connectivity index (χ4v) is 3.79. The number of thiazole rings is 1. The summed E-state index contributed by atoms with van der Waals surface area (Å²) in [5.74, 6) is -0.425. The van der Waals surface area contributed by atoms with Gasteiger partial charge in [0.05, 0.1) is 5.39 Å². The Morgan fingerprint density at radius 3 is 2.78 bits per heavy atom. The minimum atomic E-state index is -0.425. The molecule has 0 radical (unpaired) electrons. The summed E-state index contributed by atoms with van der Waals surface area (Å²) in [5, 5.41) is 11.1. The van der Waals surface area contributed by atoms with Gasteiger partial charge in [-0.2, -0.15) is 5.10 Å². The van der Waals surface area contributed by atoms with E-state index in [1.165, 1.54) is 11.3 Å².